The number of aryl methyl sites for hydroxylation is 1. The van der Waals surface area contributed by atoms with E-state index in [1.807, 2.05) is 4.98 Å². The van der Waals surface area contributed by atoms with Crippen LogP contribution in [0.4, 0.5) is 26.3 Å². The van der Waals surface area contributed by atoms with Crippen LogP contribution in [-0.2, 0) is 12.4 Å². The molecule has 0 fully saturated rings. The van der Waals surface area contributed by atoms with Crippen molar-refractivity contribution in [2.75, 3.05) is 0 Å². The SMILES string of the molecule is Cc1cc(-c2nc(C(F)(F)F)c(Oc3ccc(Cl)c(C(F)(F)F)c3)c(=O)[nH]2)no1. The van der Waals surface area contributed by atoms with Gasteiger partial charge in [-0.2, -0.15) is 26.3 Å². The van der Waals surface area contributed by atoms with Crippen molar-refractivity contribution in [2.24, 2.45) is 0 Å². The van der Waals surface area contributed by atoms with Gasteiger partial charge in [0, 0.05) is 6.07 Å². The van der Waals surface area contributed by atoms with Gasteiger partial charge in [0.25, 0.3) is 5.56 Å². The molecule has 0 saturated carbocycles. The summed E-state index contributed by atoms with van der Waals surface area (Å²) >= 11 is 5.46. The molecule has 0 unspecified atom stereocenters. The molecule has 0 amide bonds. The number of nitrogens with zero attached hydrogens (tertiary/aromatic N) is 2. The van der Waals surface area contributed by atoms with E-state index in [0.717, 1.165) is 12.1 Å². The van der Waals surface area contributed by atoms with Crippen LogP contribution in [0.25, 0.3) is 11.5 Å². The van der Waals surface area contributed by atoms with Crippen LogP contribution in [-0.4, -0.2) is 15.1 Å². The molecular formula is C16H8ClF6N3O3. The Hall–Kier alpha value is -3.02. The van der Waals surface area contributed by atoms with Crippen LogP contribution in [0.3, 0.4) is 0 Å². The normalized spacial score (nSPS) is 12.3. The number of halogens is 7. The second-order valence-electron chi connectivity index (χ2n) is 5.65. The topological polar surface area (TPSA) is 81.0 Å². The largest absolute Gasteiger partial charge is 0.449 e. The molecule has 2 heterocycles. The van der Waals surface area contributed by atoms with E-state index in [0.29, 0.717) is 6.07 Å². The van der Waals surface area contributed by atoms with E-state index >= 15 is 0 Å². The Labute approximate surface area is 162 Å². The second kappa shape index (κ2) is 7.10. The highest BCUT2D eigenvalue weighted by Crippen LogP contribution is 2.39. The summed E-state index contributed by atoms with van der Waals surface area (Å²) in [4.78, 5) is 17.5. The number of hydrogen-bond acceptors (Lipinski definition) is 5. The Morgan fingerprint density at radius 3 is 2.34 bits per heavy atom. The number of H-pyrrole nitrogens is 1. The zero-order chi connectivity index (χ0) is 21.6. The lowest BCUT2D eigenvalue weighted by atomic mass is 10.2. The highest BCUT2D eigenvalue weighted by atomic mass is 35.5. The number of ether oxygens (including phenoxy) is 1. The van der Waals surface area contributed by atoms with Crippen molar-refractivity contribution in [1.29, 1.82) is 0 Å². The van der Waals surface area contributed by atoms with Crippen molar-refractivity contribution in [2.45, 2.75) is 19.3 Å². The molecule has 1 aromatic carbocycles. The monoisotopic (exact) mass is 439 g/mol. The third-order valence-electron chi connectivity index (χ3n) is 3.48. The molecule has 0 aliphatic rings. The van der Waals surface area contributed by atoms with Gasteiger partial charge in [-0.1, -0.05) is 16.8 Å². The van der Waals surface area contributed by atoms with Crippen LogP contribution in [0, 0.1) is 6.92 Å². The molecule has 6 nitrogen and oxygen atoms in total. The highest BCUT2D eigenvalue weighted by molar-refractivity contribution is 6.31. The Morgan fingerprint density at radius 1 is 1.10 bits per heavy atom. The van der Waals surface area contributed by atoms with Crippen LogP contribution in [0.1, 0.15) is 17.0 Å². The number of aromatic amines is 1. The van der Waals surface area contributed by atoms with Gasteiger partial charge in [-0.25, -0.2) is 4.98 Å². The number of nitrogens with one attached hydrogen (secondary N) is 1. The predicted molar refractivity (Wildman–Crippen MR) is 86.6 cm³/mol. The fraction of sp³-hybridized carbons (Fsp3) is 0.188. The number of benzene rings is 1. The molecule has 0 atom stereocenters. The maximum absolute atomic E-state index is 13.4. The van der Waals surface area contributed by atoms with Gasteiger partial charge in [-0.3, -0.25) is 4.79 Å². The average molecular weight is 440 g/mol. The number of hydrogen-bond donors (Lipinski definition) is 1. The summed E-state index contributed by atoms with van der Waals surface area (Å²) < 4.78 is 88.6. The first-order valence-corrected chi connectivity index (χ1v) is 7.94. The third kappa shape index (κ3) is 4.36. The van der Waals surface area contributed by atoms with Crippen molar-refractivity contribution in [3.8, 4) is 23.0 Å². The number of aromatic nitrogens is 3. The van der Waals surface area contributed by atoms with Crippen molar-refractivity contribution in [3.63, 3.8) is 0 Å². The van der Waals surface area contributed by atoms with Gasteiger partial charge >= 0.3 is 12.4 Å². The Kier molecular flexibility index (Phi) is 5.07. The van der Waals surface area contributed by atoms with E-state index in [1.165, 1.54) is 13.0 Å². The zero-order valence-corrected chi connectivity index (χ0v) is 14.8. The molecule has 3 aromatic rings. The van der Waals surface area contributed by atoms with Gasteiger partial charge in [0.15, 0.2) is 11.5 Å². The minimum atomic E-state index is -5.16. The van der Waals surface area contributed by atoms with Crippen molar-refractivity contribution in [1.82, 2.24) is 15.1 Å². The van der Waals surface area contributed by atoms with E-state index in [1.54, 1.807) is 0 Å². The standard InChI is InChI=1S/C16H8ClF6N3O3/c1-6-4-10(26-29-6)13-24-12(16(21,22)23)11(14(27)25-13)28-7-2-3-9(17)8(5-7)15(18,19)20/h2-5H,1H3,(H,24,25,27). The van der Waals surface area contributed by atoms with Crippen LogP contribution in [0.2, 0.25) is 5.02 Å². The van der Waals surface area contributed by atoms with Gasteiger partial charge in [-0.15, -0.1) is 0 Å². The molecular weight excluding hydrogens is 432 g/mol. The molecule has 13 heteroatoms. The van der Waals surface area contributed by atoms with Gasteiger partial charge < -0.3 is 14.2 Å². The van der Waals surface area contributed by atoms with Crippen LogP contribution < -0.4 is 10.3 Å². The highest BCUT2D eigenvalue weighted by Gasteiger charge is 2.40. The first-order chi connectivity index (χ1) is 13.4. The fourth-order valence-electron chi connectivity index (χ4n) is 2.25. The Morgan fingerprint density at radius 2 is 1.79 bits per heavy atom. The quantitative estimate of drug-likeness (QED) is 0.566. The summed E-state index contributed by atoms with van der Waals surface area (Å²) in [7, 11) is 0. The molecule has 154 valence electrons. The van der Waals surface area contributed by atoms with E-state index in [2.05, 4.69) is 10.1 Å². The molecule has 0 aliphatic carbocycles. The summed E-state index contributed by atoms with van der Waals surface area (Å²) in [5.74, 6) is -2.34. The van der Waals surface area contributed by atoms with Gasteiger partial charge in [0.05, 0.1) is 10.6 Å². The number of alkyl halides is 6. The second-order valence-corrected chi connectivity index (χ2v) is 6.06. The summed E-state index contributed by atoms with van der Waals surface area (Å²) in [6, 6.07) is 3.26. The average Bonchev–Trinajstić information content (AvgIpc) is 3.02. The minimum absolute atomic E-state index is 0.178. The third-order valence-corrected chi connectivity index (χ3v) is 3.81. The molecule has 0 bridgehead atoms. The van der Waals surface area contributed by atoms with Crippen molar-refractivity contribution >= 4 is 11.6 Å². The predicted octanol–water partition coefficient (Wildman–Crippen LogP) is 5.22. The molecule has 0 aliphatic heterocycles. The molecule has 1 N–H and O–H groups in total. The van der Waals surface area contributed by atoms with E-state index < -0.39 is 51.5 Å². The lowest BCUT2D eigenvalue weighted by Gasteiger charge is -2.14. The lowest BCUT2D eigenvalue weighted by Crippen LogP contribution is -2.21. The Balaban J connectivity index is 2.12. The number of rotatable bonds is 3. The van der Waals surface area contributed by atoms with Crippen LogP contribution in [0.15, 0.2) is 33.6 Å². The molecule has 2 aromatic heterocycles. The molecule has 0 radical (unpaired) electrons. The first-order valence-electron chi connectivity index (χ1n) is 7.56. The first kappa shape index (κ1) is 20.7. The van der Waals surface area contributed by atoms with Gasteiger partial charge in [-0.05, 0) is 25.1 Å². The molecule has 3 rings (SSSR count). The molecule has 0 saturated heterocycles. The van der Waals surface area contributed by atoms with Crippen LogP contribution in [0.5, 0.6) is 11.5 Å². The van der Waals surface area contributed by atoms with Gasteiger partial charge in [0.1, 0.15) is 17.2 Å². The summed E-state index contributed by atoms with van der Waals surface area (Å²) in [5, 5.41) is 2.77. The van der Waals surface area contributed by atoms with Crippen molar-refractivity contribution in [3.05, 3.63) is 56.7 Å². The summed E-state index contributed by atoms with van der Waals surface area (Å²) in [6.07, 6.45) is -10.0. The maximum Gasteiger partial charge on any atom is 0.437 e. The summed E-state index contributed by atoms with van der Waals surface area (Å²) in [5.41, 5.74) is -4.65. The fourth-order valence-corrected chi connectivity index (χ4v) is 2.48. The minimum Gasteiger partial charge on any atom is -0.449 e. The van der Waals surface area contributed by atoms with E-state index in [9.17, 15) is 31.1 Å². The van der Waals surface area contributed by atoms with E-state index in [4.69, 9.17) is 20.9 Å². The summed E-state index contributed by atoms with van der Waals surface area (Å²) in [6.45, 7) is 1.47. The van der Waals surface area contributed by atoms with Crippen molar-refractivity contribution < 1.29 is 35.6 Å². The Bertz CT molecular complexity index is 1120. The molecule has 29 heavy (non-hydrogen) atoms. The van der Waals surface area contributed by atoms with Gasteiger partial charge in [0.2, 0.25) is 5.75 Å². The maximum atomic E-state index is 13.4. The van der Waals surface area contributed by atoms with E-state index in [-0.39, 0.29) is 11.5 Å². The smallest absolute Gasteiger partial charge is 0.437 e. The van der Waals surface area contributed by atoms with Crippen LogP contribution >= 0.6 is 11.6 Å². The zero-order valence-electron chi connectivity index (χ0n) is 14.1. The molecule has 0 spiro atoms. The lowest BCUT2D eigenvalue weighted by molar-refractivity contribution is -0.142.